The SMILES string of the molecule is COc1ccc(C2=NN(C(=O)CSc3nnc(CNC(=O)c4ccco4)n3CCc3ccccc3)[C@@H](c3ccc(OC)cc3)C2)cc1. The van der Waals surface area contributed by atoms with Crippen LogP contribution in [0.2, 0.25) is 0 Å². The molecule has 0 unspecified atom stereocenters. The third kappa shape index (κ3) is 7.55. The predicted molar refractivity (Wildman–Crippen MR) is 177 cm³/mol. The maximum Gasteiger partial charge on any atom is 0.287 e. The monoisotopic (exact) mass is 650 g/mol. The topological polar surface area (TPSA) is 124 Å². The van der Waals surface area contributed by atoms with Gasteiger partial charge in [0.05, 0.1) is 44.5 Å². The Morgan fingerprint density at radius 2 is 1.64 bits per heavy atom. The van der Waals surface area contributed by atoms with Gasteiger partial charge in [-0.15, -0.1) is 10.2 Å². The van der Waals surface area contributed by atoms with Gasteiger partial charge in [0, 0.05) is 13.0 Å². The lowest BCUT2D eigenvalue weighted by molar-refractivity contribution is -0.130. The van der Waals surface area contributed by atoms with Crippen LogP contribution in [0.4, 0.5) is 0 Å². The van der Waals surface area contributed by atoms with Gasteiger partial charge in [-0.2, -0.15) is 5.10 Å². The standard InChI is InChI=1S/C35H34N6O5S/c1-44-27-14-10-25(11-15-27)29-21-30(26-12-16-28(45-2)17-13-26)41(39-29)33(42)23-47-35-38-37-32(22-36-34(43)31-9-6-20-46-31)40(35)19-18-24-7-4-3-5-8-24/h3-17,20,30H,18-19,21-23H2,1-2H3,(H,36,43)/t30-/m1/s1. The Kier molecular flexibility index (Phi) is 9.97. The summed E-state index contributed by atoms with van der Waals surface area (Å²) in [7, 11) is 3.25. The lowest BCUT2D eigenvalue weighted by Gasteiger charge is -2.22. The normalized spacial score (nSPS) is 14.1. The first-order chi connectivity index (χ1) is 23.0. The highest BCUT2D eigenvalue weighted by molar-refractivity contribution is 7.99. The lowest BCUT2D eigenvalue weighted by Crippen LogP contribution is -2.28. The molecule has 1 atom stereocenters. The molecule has 0 saturated heterocycles. The zero-order valence-corrected chi connectivity index (χ0v) is 26.9. The molecule has 0 saturated carbocycles. The van der Waals surface area contributed by atoms with Crippen LogP contribution in [0, 0.1) is 0 Å². The molecule has 0 fully saturated rings. The summed E-state index contributed by atoms with van der Waals surface area (Å²) >= 11 is 1.30. The Morgan fingerprint density at radius 3 is 2.32 bits per heavy atom. The van der Waals surface area contributed by atoms with E-state index in [1.165, 1.54) is 18.0 Å². The van der Waals surface area contributed by atoms with Gasteiger partial charge >= 0.3 is 0 Å². The van der Waals surface area contributed by atoms with Gasteiger partial charge in [-0.05, 0) is 71.6 Å². The number of carbonyl (C=O) groups excluding carboxylic acids is 2. The van der Waals surface area contributed by atoms with Crippen molar-refractivity contribution in [2.45, 2.75) is 37.1 Å². The van der Waals surface area contributed by atoms with E-state index in [0.717, 1.165) is 40.3 Å². The summed E-state index contributed by atoms with van der Waals surface area (Å²) in [6.45, 7) is 0.717. The summed E-state index contributed by atoms with van der Waals surface area (Å²) in [6, 6.07) is 28.4. The Bertz CT molecular complexity index is 1820. The summed E-state index contributed by atoms with van der Waals surface area (Å²) in [5.74, 6) is 1.86. The second kappa shape index (κ2) is 14.8. The molecule has 1 N–H and O–H groups in total. The van der Waals surface area contributed by atoms with Gasteiger partial charge in [0.15, 0.2) is 16.7 Å². The van der Waals surface area contributed by atoms with E-state index in [2.05, 4.69) is 27.6 Å². The fraction of sp³-hybridized carbons (Fsp3) is 0.229. The van der Waals surface area contributed by atoms with Crippen molar-refractivity contribution in [2.75, 3.05) is 20.0 Å². The lowest BCUT2D eigenvalue weighted by atomic mass is 9.98. The quantitative estimate of drug-likeness (QED) is 0.165. The van der Waals surface area contributed by atoms with Crippen molar-refractivity contribution >= 4 is 29.3 Å². The summed E-state index contributed by atoms with van der Waals surface area (Å²) in [4.78, 5) is 26.4. The maximum atomic E-state index is 13.9. The third-order valence-electron chi connectivity index (χ3n) is 7.83. The Labute approximate surface area is 276 Å². The van der Waals surface area contributed by atoms with Crippen LogP contribution in [-0.4, -0.2) is 57.3 Å². The van der Waals surface area contributed by atoms with Crippen molar-refractivity contribution in [3.8, 4) is 11.5 Å². The number of methoxy groups -OCH3 is 2. The van der Waals surface area contributed by atoms with E-state index in [-0.39, 0.29) is 35.9 Å². The second-order valence-corrected chi connectivity index (χ2v) is 11.7. The largest absolute Gasteiger partial charge is 0.497 e. The molecule has 3 aromatic carbocycles. The summed E-state index contributed by atoms with van der Waals surface area (Å²) in [5.41, 5.74) is 3.84. The first kappa shape index (κ1) is 31.6. The molecule has 5 aromatic rings. The minimum absolute atomic E-state index is 0.0915. The number of ether oxygens (including phenoxy) is 2. The average Bonchev–Trinajstić information content (AvgIpc) is 3.90. The number of hydrogen-bond donors (Lipinski definition) is 1. The van der Waals surface area contributed by atoms with Crippen LogP contribution >= 0.6 is 11.8 Å². The maximum absolute atomic E-state index is 13.9. The van der Waals surface area contributed by atoms with Crippen LogP contribution in [0.3, 0.4) is 0 Å². The van der Waals surface area contributed by atoms with Crippen molar-refractivity contribution in [3.63, 3.8) is 0 Å². The molecule has 0 spiro atoms. The molecule has 2 aromatic heterocycles. The number of hydrogen-bond acceptors (Lipinski definition) is 9. The van der Waals surface area contributed by atoms with E-state index >= 15 is 0 Å². The fourth-order valence-corrected chi connectivity index (χ4v) is 6.13. The summed E-state index contributed by atoms with van der Waals surface area (Å²) < 4.78 is 17.8. The summed E-state index contributed by atoms with van der Waals surface area (Å²) in [6.07, 6.45) is 2.73. The van der Waals surface area contributed by atoms with Crippen molar-refractivity contribution < 1.29 is 23.5 Å². The van der Waals surface area contributed by atoms with E-state index in [4.69, 9.17) is 19.0 Å². The van der Waals surface area contributed by atoms with E-state index in [1.807, 2.05) is 71.3 Å². The predicted octanol–water partition coefficient (Wildman–Crippen LogP) is 5.53. The number of hydrazone groups is 1. The second-order valence-electron chi connectivity index (χ2n) is 10.7. The van der Waals surface area contributed by atoms with Gasteiger partial charge in [-0.3, -0.25) is 9.59 Å². The van der Waals surface area contributed by atoms with Crippen molar-refractivity contribution in [1.82, 2.24) is 25.1 Å². The number of nitrogens with one attached hydrogen (secondary N) is 1. The number of aromatic nitrogens is 3. The number of carbonyl (C=O) groups is 2. The zero-order valence-electron chi connectivity index (χ0n) is 26.0. The van der Waals surface area contributed by atoms with Crippen LogP contribution < -0.4 is 14.8 Å². The Hall–Kier alpha value is -5.36. The molecule has 2 amide bonds. The molecule has 1 aliphatic rings. The smallest absolute Gasteiger partial charge is 0.287 e. The van der Waals surface area contributed by atoms with Crippen LogP contribution in [0.25, 0.3) is 0 Å². The summed E-state index contributed by atoms with van der Waals surface area (Å²) in [5, 5.41) is 18.6. The molecule has 1 aliphatic heterocycles. The third-order valence-corrected chi connectivity index (χ3v) is 8.78. The fourth-order valence-electron chi connectivity index (χ4n) is 5.30. The van der Waals surface area contributed by atoms with Crippen LogP contribution in [0.15, 0.2) is 112 Å². The van der Waals surface area contributed by atoms with Crippen LogP contribution in [0.5, 0.6) is 11.5 Å². The number of aryl methyl sites for hydroxylation is 1. The molecule has 3 heterocycles. The van der Waals surface area contributed by atoms with E-state index in [1.54, 1.807) is 31.4 Å². The van der Waals surface area contributed by atoms with Crippen molar-refractivity contribution in [2.24, 2.45) is 5.10 Å². The molecular weight excluding hydrogens is 616 g/mol. The van der Waals surface area contributed by atoms with Gasteiger partial charge < -0.3 is 23.8 Å². The molecule has 0 radical (unpaired) electrons. The van der Waals surface area contributed by atoms with E-state index in [0.29, 0.717) is 23.9 Å². The van der Waals surface area contributed by atoms with E-state index in [9.17, 15) is 9.59 Å². The van der Waals surface area contributed by atoms with E-state index < -0.39 is 0 Å². The number of nitrogens with zero attached hydrogens (tertiary/aromatic N) is 5. The minimum Gasteiger partial charge on any atom is -0.497 e. The van der Waals surface area contributed by atoms with Gasteiger partial charge in [-0.1, -0.05) is 54.2 Å². The molecule has 6 rings (SSSR count). The van der Waals surface area contributed by atoms with Gasteiger partial charge in [0.25, 0.3) is 11.8 Å². The van der Waals surface area contributed by atoms with Gasteiger partial charge in [-0.25, -0.2) is 5.01 Å². The van der Waals surface area contributed by atoms with Gasteiger partial charge in [0.1, 0.15) is 11.5 Å². The number of benzene rings is 3. The molecule has 0 aliphatic carbocycles. The molecule has 240 valence electrons. The molecule has 12 heteroatoms. The van der Waals surface area contributed by atoms with Crippen molar-refractivity contribution in [3.05, 3.63) is 126 Å². The molecule has 0 bridgehead atoms. The Morgan fingerprint density at radius 1 is 0.915 bits per heavy atom. The molecule has 47 heavy (non-hydrogen) atoms. The number of rotatable bonds is 13. The van der Waals surface area contributed by atoms with Crippen LogP contribution in [-0.2, 0) is 24.3 Å². The molecular formula is C35H34N6O5S. The number of thioether (sulfide) groups is 1. The minimum atomic E-state index is -0.346. The van der Waals surface area contributed by atoms with Gasteiger partial charge in [0.2, 0.25) is 0 Å². The van der Waals surface area contributed by atoms with Crippen molar-refractivity contribution in [1.29, 1.82) is 0 Å². The highest BCUT2D eigenvalue weighted by Crippen LogP contribution is 2.35. The number of amides is 2. The number of furan rings is 1. The average molecular weight is 651 g/mol. The highest BCUT2D eigenvalue weighted by Gasteiger charge is 2.33. The molecule has 11 nitrogen and oxygen atoms in total. The highest BCUT2D eigenvalue weighted by atomic mass is 32.2. The Balaban J connectivity index is 1.21. The van der Waals surface area contributed by atoms with Crippen LogP contribution in [0.1, 0.15) is 45.5 Å². The zero-order chi connectivity index (χ0) is 32.6. The first-order valence-electron chi connectivity index (χ1n) is 15.1. The first-order valence-corrected chi connectivity index (χ1v) is 16.1.